The summed E-state index contributed by atoms with van der Waals surface area (Å²) in [7, 11) is 3.98. The molecule has 1 aliphatic heterocycles. The van der Waals surface area contributed by atoms with E-state index < -0.39 is 5.60 Å². The van der Waals surface area contributed by atoms with Crippen molar-refractivity contribution < 1.29 is 9.53 Å². The van der Waals surface area contributed by atoms with Gasteiger partial charge in [-0.2, -0.15) is 0 Å². The fourth-order valence-corrected chi connectivity index (χ4v) is 3.38. The first-order valence-corrected chi connectivity index (χ1v) is 8.35. The Morgan fingerprint density at radius 3 is 2.68 bits per heavy atom. The molecular weight excluding hydrogens is 300 g/mol. The highest BCUT2D eigenvalue weighted by molar-refractivity contribution is 7.15. The second-order valence-corrected chi connectivity index (χ2v) is 7.78. The van der Waals surface area contributed by atoms with Crippen LogP contribution in [-0.4, -0.2) is 55.3 Å². The summed E-state index contributed by atoms with van der Waals surface area (Å²) in [6.07, 6.45) is -0.242. The van der Waals surface area contributed by atoms with Crippen molar-refractivity contribution in [1.29, 1.82) is 0 Å². The van der Waals surface area contributed by atoms with E-state index in [1.807, 2.05) is 46.7 Å². The molecule has 1 saturated heterocycles. The van der Waals surface area contributed by atoms with Crippen molar-refractivity contribution in [2.45, 2.75) is 39.3 Å². The number of thiazole rings is 1. The Labute approximate surface area is 136 Å². The van der Waals surface area contributed by atoms with Gasteiger partial charge >= 0.3 is 6.09 Å². The first kappa shape index (κ1) is 17.0. The van der Waals surface area contributed by atoms with E-state index in [9.17, 15) is 4.79 Å². The van der Waals surface area contributed by atoms with Gasteiger partial charge in [0.25, 0.3) is 0 Å². The maximum absolute atomic E-state index is 12.2. The Balaban J connectivity index is 2.09. The number of amides is 1. The highest BCUT2D eigenvalue weighted by Crippen LogP contribution is 2.31. The van der Waals surface area contributed by atoms with E-state index in [1.54, 1.807) is 16.2 Å². The van der Waals surface area contributed by atoms with Crippen LogP contribution in [0.4, 0.5) is 9.93 Å². The molecular formula is C15H26N4O2S. The molecule has 0 bridgehead atoms. The van der Waals surface area contributed by atoms with Crippen LogP contribution in [0.25, 0.3) is 0 Å². The molecule has 1 atom stereocenters. The Morgan fingerprint density at radius 1 is 1.45 bits per heavy atom. The number of aromatic nitrogens is 1. The van der Waals surface area contributed by atoms with Crippen molar-refractivity contribution in [3.05, 3.63) is 10.6 Å². The van der Waals surface area contributed by atoms with Crippen molar-refractivity contribution in [2.24, 2.45) is 0 Å². The van der Waals surface area contributed by atoms with E-state index in [0.717, 1.165) is 17.4 Å². The standard InChI is InChI=1S/C15H26N4O2S/c1-10-12(22-13(17-10)18(5)6)11-9-19(8-7-16-11)14(20)21-15(2,3)4/h11,16H,7-9H2,1-6H3. The van der Waals surface area contributed by atoms with Gasteiger partial charge < -0.3 is 19.9 Å². The zero-order chi connectivity index (χ0) is 16.5. The average molecular weight is 326 g/mol. The molecule has 1 aromatic heterocycles. The monoisotopic (exact) mass is 326 g/mol. The van der Waals surface area contributed by atoms with E-state index in [2.05, 4.69) is 10.3 Å². The van der Waals surface area contributed by atoms with Crippen LogP contribution in [0, 0.1) is 6.92 Å². The minimum Gasteiger partial charge on any atom is -0.444 e. The minimum absolute atomic E-state index is 0.118. The van der Waals surface area contributed by atoms with Crippen molar-refractivity contribution in [2.75, 3.05) is 38.6 Å². The molecule has 0 aliphatic carbocycles. The molecule has 2 heterocycles. The first-order chi connectivity index (χ1) is 10.2. The molecule has 1 N–H and O–H groups in total. The predicted octanol–water partition coefficient (Wildman–Crippen LogP) is 2.40. The summed E-state index contributed by atoms with van der Waals surface area (Å²) in [5, 5.41) is 4.47. The molecule has 1 aromatic rings. The van der Waals surface area contributed by atoms with E-state index in [4.69, 9.17) is 4.74 Å². The van der Waals surface area contributed by atoms with Gasteiger partial charge in [0, 0.05) is 38.6 Å². The summed E-state index contributed by atoms with van der Waals surface area (Å²) >= 11 is 1.67. The van der Waals surface area contributed by atoms with E-state index in [0.29, 0.717) is 13.1 Å². The second kappa shape index (κ2) is 6.42. The predicted molar refractivity (Wildman–Crippen MR) is 89.7 cm³/mol. The molecule has 1 fully saturated rings. The molecule has 1 unspecified atom stereocenters. The first-order valence-electron chi connectivity index (χ1n) is 7.53. The van der Waals surface area contributed by atoms with E-state index >= 15 is 0 Å². The maximum Gasteiger partial charge on any atom is 0.410 e. The Hall–Kier alpha value is -1.34. The molecule has 22 heavy (non-hydrogen) atoms. The van der Waals surface area contributed by atoms with Crippen LogP contribution in [0.15, 0.2) is 0 Å². The van der Waals surface area contributed by atoms with Crippen LogP contribution in [0.1, 0.15) is 37.4 Å². The van der Waals surface area contributed by atoms with Gasteiger partial charge in [-0.1, -0.05) is 11.3 Å². The molecule has 1 aliphatic rings. The zero-order valence-corrected chi connectivity index (χ0v) is 15.1. The zero-order valence-electron chi connectivity index (χ0n) is 14.3. The molecule has 1 amide bonds. The van der Waals surface area contributed by atoms with E-state index in [1.165, 1.54) is 4.88 Å². The van der Waals surface area contributed by atoms with Crippen LogP contribution in [0.2, 0.25) is 0 Å². The molecule has 0 radical (unpaired) electrons. The fourth-order valence-electron chi connectivity index (χ4n) is 2.33. The lowest BCUT2D eigenvalue weighted by molar-refractivity contribution is 0.0196. The lowest BCUT2D eigenvalue weighted by Gasteiger charge is -2.34. The van der Waals surface area contributed by atoms with Crippen LogP contribution >= 0.6 is 11.3 Å². The van der Waals surface area contributed by atoms with Gasteiger partial charge in [-0.3, -0.25) is 0 Å². The Kier molecular flexibility index (Phi) is 4.97. The number of nitrogens with zero attached hydrogens (tertiary/aromatic N) is 3. The van der Waals surface area contributed by atoms with Gasteiger partial charge in [-0.15, -0.1) is 0 Å². The number of piperazine rings is 1. The van der Waals surface area contributed by atoms with Gasteiger partial charge in [0.05, 0.1) is 11.7 Å². The fraction of sp³-hybridized carbons (Fsp3) is 0.733. The van der Waals surface area contributed by atoms with Gasteiger partial charge in [0.15, 0.2) is 5.13 Å². The number of carbonyl (C=O) groups excluding carboxylic acids is 1. The number of hydrogen-bond donors (Lipinski definition) is 1. The molecule has 2 rings (SSSR count). The third kappa shape index (κ3) is 4.10. The van der Waals surface area contributed by atoms with Gasteiger partial charge in [0.2, 0.25) is 0 Å². The van der Waals surface area contributed by atoms with Crippen LogP contribution in [0.5, 0.6) is 0 Å². The summed E-state index contributed by atoms with van der Waals surface area (Å²) in [6, 6.07) is 0.118. The summed E-state index contributed by atoms with van der Waals surface area (Å²) < 4.78 is 5.47. The number of hydrogen-bond acceptors (Lipinski definition) is 6. The van der Waals surface area contributed by atoms with Gasteiger partial charge in [0.1, 0.15) is 5.60 Å². The third-order valence-corrected chi connectivity index (χ3v) is 4.79. The number of anilines is 1. The van der Waals surface area contributed by atoms with Crippen LogP contribution < -0.4 is 10.2 Å². The van der Waals surface area contributed by atoms with Crippen molar-refractivity contribution >= 4 is 22.6 Å². The number of ether oxygens (including phenoxy) is 1. The average Bonchev–Trinajstić information content (AvgIpc) is 2.79. The summed E-state index contributed by atoms with van der Waals surface area (Å²) in [5.41, 5.74) is 0.563. The second-order valence-electron chi connectivity index (χ2n) is 6.77. The van der Waals surface area contributed by atoms with Crippen LogP contribution in [0.3, 0.4) is 0 Å². The molecule has 0 aromatic carbocycles. The molecule has 7 heteroatoms. The lowest BCUT2D eigenvalue weighted by Crippen LogP contribution is -2.49. The SMILES string of the molecule is Cc1nc(N(C)C)sc1C1CN(C(=O)OC(C)(C)C)CCN1. The van der Waals surface area contributed by atoms with Gasteiger partial charge in [-0.25, -0.2) is 9.78 Å². The van der Waals surface area contributed by atoms with E-state index in [-0.39, 0.29) is 12.1 Å². The van der Waals surface area contributed by atoms with Crippen molar-refractivity contribution in [3.8, 4) is 0 Å². The largest absolute Gasteiger partial charge is 0.444 e. The Bertz CT molecular complexity index is 536. The molecule has 0 saturated carbocycles. The Morgan fingerprint density at radius 2 is 2.14 bits per heavy atom. The maximum atomic E-state index is 12.2. The molecule has 6 nitrogen and oxygen atoms in total. The number of aryl methyl sites for hydroxylation is 1. The summed E-state index contributed by atoms with van der Waals surface area (Å²) in [6.45, 7) is 9.74. The smallest absolute Gasteiger partial charge is 0.410 e. The molecule has 124 valence electrons. The highest BCUT2D eigenvalue weighted by atomic mass is 32.1. The summed E-state index contributed by atoms with van der Waals surface area (Å²) in [4.78, 5) is 21.8. The summed E-state index contributed by atoms with van der Waals surface area (Å²) in [5.74, 6) is 0. The topological polar surface area (TPSA) is 57.7 Å². The number of carbonyl (C=O) groups is 1. The van der Waals surface area contributed by atoms with Crippen molar-refractivity contribution in [1.82, 2.24) is 15.2 Å². The van der Waals surface area contributed by atoms with Crippen LogP contribution in [-0.2, 0) is 4.74 Å². The third-order valence-electron chi connectivity index (χ3n) is 3.35. The normalized spacial score (nSPS) is 19.2. The lowest BCUT2D eigenvalue weighted by atomic mass is 10.1. The van der Waals surface area contributed by atoms with Gasteiger partial charge in [-0.05, 0) is 27.7 Å². The van der Waals surface area contributed by atoms with Crippen molar-refractivity contribution in [3.63, 3.8) is 0 Å². The quantitative estimate of drug-likeness (QED) is 0.904. The highest BCUT2D eigenvalue weighted by Gasteiger charge is 2.30. The number of nitrogens with one attached hydrogen (secondary N) is 1. The number of rotatable bonds is 2. The minimum atomic E-state index is -0.462. The molecule has 0 spiro atoms.